The molecule has 0 bridgehead atoms. The van der Waals surface area contributed by atoms with E-state index < -0.39 is 0 Å². The maximum Gasteiger partial charge on any atom is 0.225 e. The summed E-state index contributed by atoms with van der Waals surface area (Å²) in [5.74, 6) is 1.05. The van der Waals surface area contributed by atoms with E-state index in [9.17, 15) is 4.79 Å². The number of piperidine rings is 1. The number of amides is 1. The lowest BCUT2D eigenvalue weighted by atomic mass is 9.98. The van der Waals surface area contributed by atoms with Gasteiger partial charge in [0.2, 0.25) is 5.91 Å². The van der Waals surface area contributed by atoms with Gasteiger partial charge in [-0.05, 0) is 31.2 Å². The molecule has 1 aliphatic heterocycles. The third-order valence-electron chi connectivity index (χ3n) is 4.69. The zero-order valence-electron chi connectivity index (χ0n) is 13.1. The third kappa shape index (κ3) is 3.44. The van der Waals surface area contributed by atoms with Crippen molar-refractivity contribution in [3.8, 4) is 0 Å². The molecule has 23 heavy (non-hydrogen) atoms. The summed E-state index contributed by atoms with van der Waals surface area (Å²) in [5.41, 5.74) is 1.27. The maximum absolute atomic E-state index is 12.3. The van der Waals surface area contributed by atoms with Crippen LogP contribution in [0.1, 0.15) is 47.2 Å². The van der Waals surface area contributed by atoms with Crippen LogP contribution in [-0.2, 0) is 11.2 Å². The SMILES string of the molecule is O=C(C1CC1)N1CCC[C@H](c2nnc(Cc3ccccc3)s2)C1. The van der Waals surface area contributed by atoms with Gasteiger partial charge in [-0.2, -0.15) is 0 Å². The highest BCUT2D eigenvalue weighted by molar-refractivity contribution is 7.11. The van der Waals surface area contributed by atoms with Crippen molar-refractivity contribution < 1.29 is 4.79 Å². The fourth-order valence-electron chi connectivity index (χ4n) is 3.24. The second-order valence-corrected chi connectivity index (χ2v) is 7.69. The Morgan fingerprint density at radius 1 is 1.17 bits per heavy atom. The molecule has 2 heterocycles. The highest BCUT2D eigenvalue weighted by Gasteiger charge is 2.36. The first kappa shape index (κ1) is 14.8. The Balaban J connectivity index is 1.42. The van der Waals surface area contributed by atoms with Crippen molar-refractivity contribution in [2.75, 3.05) is 13.1 Å². The first-order chi connectivity index (χ1) is 11.3. The lowest BCUT2D eigenvalue weighted by Gasteiger charge is -2.31. The van der Waals surface area contributed by atoms with Gasteiger partial charge < -0.3 is 4.90 Å². The summed E-state index contributed by atoms with van der Waals surface area (Å²) in [4.78, 5) is 14.3. The number of nitrogens with zero attached hydrogens (tertiary/aromatic N) is 3. The Hall–Kier alpha value is -1.75. The number of carbonyl (C=O) groups is 1. The maximum atomic E-state index is 12.3. The van der Waals surface area contributed by atoms with Crippen molar-refractivity contribution >= 4 is 17.2 Å². The van der Waals surface area contributed by atoms with E-state index in [4.69, 9.17) is 0 Å². The van der Waals surface area contributed by atoms with Crippen molar-refractivity contribution in [2.45, 2.75) is 38.0 Å². The smallest absolute Gasteiger partial charge is 0.225 e. The predicted molar refractivity (Wildman–Crippen MR) is 90.4 cm³/mol. The van der Waals surface area contributed by atoms with Gasteiger partial charge in [0.1, 0.15) is 10.0 Å². The van der Waals surface area contributed by atoms with Gasteiger partial charge >= 0.3 is 0 Å². The number of carbonyl (C=O) groups excluding carboxylic acids is 1. The standard InChI is InChI=1S/C18H21N3OS/c22-18(14-8-9-14)21-10-4-7-15(12-21)17-20-19-16(23-17)11-13-5-2-1-3-6-13/h1-3,5-6,14-15H,4,7-12H2/t15-/m0/s1. The van der Waals surface area contributed by atoms with Gasteiger partial charge in [0.25, 0.3) is 0 Å². The van der Waals surface area contributed by atoms with Gasteiger partial charge in [-0.15, -0.1) is 21.5 Å². The first-order valence-corrected chi connectivity index (χ1v) is 9.26. The largest absolute Gasteiger partial charge is 0.342 e. The molecular formula is C18H21N3OS. The van der Waals surface area contributed by atoms with Crippen molar-refractivity contribution in [3.63, 3.8) is 0 Å². The molecule has 2 fully saturated rings. The summed E-state index contributed by atoms with van der Waals surface area (Å²) in [6, 6.07) is 10.4. The Morgan fingerprint density at radius 3 is 2.78 bits per heavy atom. The molecule has 1 amide bonds. The van der Waals surface area contributed by atoms with Crippen LogP contribution in [0.25, 0.3) is 0 Å². The summed E-state index contributed by atoms with van der Waals surface area (Å²) >= 11 is 1.71. The van der Waals surface area contributed by atoms with Crippen molar-refractivity contribution in [1.29, 1.82) is 0 Å². The lowest BCUT2D eigenvalue weighted by molar-refractivity contribution is -0.133. The second kappa shape index (κ2) is 6.40. The molecule has 2 aromatic rings. The van der Waals surface area contributed by atoms with Crippen molar-refractivity contribution in [2.24, 2.45) is 5.92 Å². The fourth-order valence-corrected chi connectivity index (χ4v) is 4.24. The van der Waals surface area contributed by atoms with Gasteiger partial charge in [-0.3, -0.25) is 4.79 Å². The number of rotatable bonds is 4. The van der Waals surface area contributed by atoms with Gasteiger partial charge in [0.15, 0.2) is 0 Å². The molecule has 1 aromatic heterocycles. The number of hydrogen-bond donors (Lipinski definition) is 0. The number of benzene rings is 1. The van der Waals surface area contributed by atoms with Crippen LogP contribution >= 0.6 is 11.3 Å². The second-order valence-electron chi connectivity index (χ2n) is 6.59. The predicted octanol–water partition coefficient (Wildman–Crippen LogP) is 3.24. The average Bonchev–Trinajstić information content (AvgIpc) is 3.35. The molecule has 0 radical (unpaired) electrons. The minimum absolute atomic E-state index is 0.316. The van der Waals surface area contributed by atoms with E-state index in [0.717, 1.165) is 55.2 Å². The molecule has 1 atom stereocenters. The Labute approximate surface area is 140 Å². The van der Waals surface area contributed by atoms with Crippen molar-refractivity contribution in [1.82, 2.24) is 15.1 Å². The van der Waals surface area contributed by atoms with Gasteiger partial charge in [-0.1, -0.05) is 30.3 Å². The van der Waals surface area contributed by atoms with E-state index in [2.05, 4.69) is 39.4 Å². The van der Waals surface area contributed by atoms with Crippen LogP contribution < -0.4 is 0 Å². The van der Waals surface area contributed by atoms with E-state index >= 15 is 0 Å². The molecule has 120 valence electrons. The molecule has 5 heteroatoms. The van der Waals surface area contributed by atoms with E-state index in [1.165, 1.54) is 5.56 Å². The van der Waals surface area contributed by atoms with Gasteiger partial charge in [0, 0.05) is 31.3 Å². The van der Waals surface area contributed by atoms with Crippen molar-refractivity contribution in [3.05, 3.63) is 45.9 Å². The molecule has 1 saturated heterocycles. The monoisotopic (exact) mass is 327 g/mol. The van der Waals surface area contributed by atoms with Crippen LogP contribution in [0.3, 0.4) is 0 Å². The summed E-state index contributed by atoms with van der Waals surface area (Å²) in [6.45, 7) is 1.75. The van der Waals surface area contributed by atoms with Crippen LogP contribution in [0.5, 0.6) is 0 Å². The van der Waals surface area contributed by atoms with Crippen LogP contribution in [0.15, 0.2) is 30.3 Å². The van der Waals surface area contributed by atoms with Crippen LogP contribution in [0.2, 0.25) is 0 Å². The zero-order chi connectivity index (χ0) is 15.6. The lowest BCUT2D eigenvalue weighted by Crippen LogP contribution is -2.39. The summed E-state index contributed by atoms with van der Waals surface area (Å²) < 4.78 is 0. The molecule has 0 N–H and O–H groups in total. The van der Waals surface area contributed by atoms with Gasteiger partial charge in [-0.25, -0.2) is 0 Å². The highest BCUT2D eigenvalue weighted by atomic mass is 32.1. The summed E-state index contributed by atoms with van der Waals surface area (Å²) in [7, 11) is 0. The number of likely N-dealkylation sites (tertiary alicyclic amines) is 1. The Morgan fingerprint density at radius 2 is 2.00 bits per heavy atom. The Kier molecular flexibility index (Phi) is 4.12. The normalized spacial score (nSPS) is 21.4. The molecule has 1 saturated carbocycles. The minimum Gasteiger partial charge on any atom is -0.342 e. The molecule has 0 unspecified atom stereocenters. The average molecular weight is 327 g/mol. The minimum atomic E-state index is 0.316. The van der Waals surface area contributed by atoms with Crippen LogP contribution in [0.4, 0.5) is 0 Å². The summed E-state index contributed by atoms with van der Waals surface area (Å²) in [6.07, 6.45) is 5.21. The van der Waals surface area contributed by atoms with Gasteiger partial charge in [0.05, 0.1) is 0 Å². The fraction of sp³-hybridized carbons (Fsp3) is 0.500. The zero-order valence-corrected chi connectivity index (χ0v) is 14.0. The topological polar surface area (TPSA) is 46.1 Å². The molecule has 0 spiro atoms. The number of hydrogen-bond acceptors (Lipinski definition) is 4. The van der Waals surface area contributed by atoms with Crippen LogP contribution in [0, 0.1) is 5.92 Å². The molecule has 4 rings (SSSR count). The highest BCUT2D eigenvalue weighted by Crippen LogP contribution is 2.35. The molecule has 2 aliphatic rings. The molecule has 4 nitrogen and oxygen atoms in total. The summed E-state index contributed by atoms with van der Waals surface area (Å²) in [5, 5.41) is 11.0. The quantitative estimate of drug-likeness (QED) is 0.866. The van der Waals surface area contributed by atoms with E-state index in [0.29, 0.717) is 17.7 Å². The third-order valence-corrected chi connectivity index (χ3v) is 5.78. The number of aromatic nitrogens is 2. The van der Waals surface area contributed by atoms with E-state index in [-0.39, 0.29) is 0 Å². The first-order valence-electron chi connectivity index (χ1n) is 8.44. The van der Waals surface area contributed by atoms with E-state index in [1.807, 2.05) is 6.07 Å². The van der Waals surface area contributed by atoms with Crippen LogP contribution in [-0.4, -0.2) is 34.1 Å². The molecular weight excluding hydrogens is 306 g/mol. The molecule has 1 aromatic carbocycles. The molecule has 1 aliphatic carbocycles. The van der Waals surface area contributed by atoms with E-state index in [1.54, 1.807) is 11.3 Å². The Bertz CT molecular complexity index is 681.